The normalized spacial score (nSPS) is 13.0. The lowest BCUT2D eigenvalue weighted by Gasteiger charge is -2.25. The van der Waals surface area contributed by atoms with Crippen molar-refractivity contribution in [2.45, 2.75) is 31.7 Å². The van der Waals surface area contributed by atoms with Crippen molar-refractivity contribution < 1.29 is 34.8 Å². The molecule has 0 aliphatic carbocycles. The van der Waals surface area contributed by atoms with Crippen LogP contribution >= 0.6 is 12.6 Å². The van der Waals surface area contributed by atoms with E-state index < -0.39 is 37.0 Å². The second-order valence-electron chi connectivity index (χ2n) is 4.79. The predicted molar refractivity (Wildman–Crippen MR) is 82.9 cm³/mol. The van der Waals surface area contributed by atoms with Crippen LogP contribution in [-0.2, 0) is 14.4 Å². The lowest BCUT2D eigenvalue weighted by molar-refractivity contribution is -0.218. The number of unbranched alkanes of at least 4 members (excludes halogenated alkanes) is 1. The molecule has 23 heavy (non-hydrogen) atoms. The van der Waals surface area contributed by atoms with Gasteiger partial charge < -0.3 is 25.4 Å². The van der Waals surface area contributed by atoms with E-state index in [1.807, 2.05) is 0 Å². The van der Waals surface area contributed by atoms with Gasteiger partial charge in [-0.05, 0) is 37.3 Å². The van der Waals surface area contributed by atoms with Gasteiger partial charge in [-0.15, -0.1) is 0 Å². The Morgan fingerprint density at radius 3 is 2.09 bits per heavy atom. The highest BCUT2D eigenvalue weighted by molar-refractivity contribution is 7.80. The molecule has 0 saturated carbocycles. The SMILES string of the molecule is O=C(O)CN(CC(=O)O)[C@@H](CCCCN=C([O-])CCS)C(=O)O. The standard InChI is InChI=1S/C13H22N2O7S/c16-10(4-6-23)14-5-2-1-3-9(13(21)22)15(7-11(17)18)8-12(19)20/h9,23H,1-8H2,(H,14,16)(H,17,18)(H,19,20)(H,21,22)/p-1/t9-/m0/s1. The van der Waals surface area contributed by atoms with Crippen LogP contribution in [0.5, 0.6) is 0 Å². The van der Waals surface area contributed by atoms with E-state index in [4.69, 9.17) is 10.2 Å². The van der Waals surface area contributed by atoms with Crippen molar-refractivity contribution in [1.29, 1.82) is 0 Å². The van der Waals surface area contributed by atoms with E-state index in [1.165, 1.54) is 0 Å². The number of hydrogen-bond donors (Lipinski definition) is 4. The Kier molecular flexibility index (Phi) is 10.8. The first-order chi connectivity index (χ1) is 10.8. The molecule has 0 aromatic heterocycles. The molecule has 10 heteroatoms. The summed E-state index contributed by atoms with van der Waals surface area (Å²) in [5.41, 5.74) is 0. The highest BCUT2D eigenvalue weighted by atomic mass is 32.1. The first kappa shape index (κ1) is 21.2. The van der Waals surface area contributed by atoms with E-state index in [9.17, 15) is 24.6 Å². The Balaban J connectivity index is 4.52. The predicted octanol–water partition coefficient (Wildman–Crippen LogP) is -0.840. The molecule has 0 amide bonds. The molecule has 9 nitrogen and oxygen atoms in total. The summed E-state index contributed by atoms with van der Waals surface area (Å²) in [7, 11) is 0. The second kappa shape index (κ2) is 11.7. The fourth-order valence-corrected chi connectivity index (χ4v) is 2.11. The topological polar surface area (TPSA) is 151 Å². The molecule has 0 aliphatic rings. The van der Waals surface area contributed by atoms with Crippen molar-refractivity contribution >= 4 is 36.4 Å². The first-order valence-corrected chi connectivity index (χ1v) is 7.62. The molecule has 0 aliphatic heterocycles. The van der Waals surface area contributed by atoms with Gasteiger partial charge in [0.15, 0.2) is 0 Å². The van der Waals surface area contributed by atoms with E-state index in [0.717, 1.165) is 4.90 Å². The molecule has 3 N–H and O–H groups in total. The molecule has 0 aromatic rings. The monoisotopic (exact) mass is 349 g/mol. The average Bonchev–Trinajstić information content (AvgIpc) is 2.40. The molecule has 0 heterocycles. The number of carboxylic acids is 3. The Hall–Kier alpha value is -1.81. The van der Waals surface area contributed by atoms with Crippen molar-refractivity contribution in [3.05, 3.63) is 0 Å². The van der Waals surface area contributed by atoms with E-state index in [0.29, 0.717) is 18.6 Å². The largest absolute Gasteiger partial charge is 0.862 e. The molecule has 0 fully saturated rings. The van der Waals surface area contributed by atoms with E-state index in [2.05, 4.69) is 17.6 Å². The van der Waals surface area contributed by atoms with Crippen LogP contribution in [-0.4, -0.2) is 75.5 Å². The van der Waals surface area contributed by atoms with Gasteiger partial charge in [-0.25, -0.2) is 0 Å². The maximum atomic E-state index is 11.2. The molecular formula is C13H21N2O7S-. The minimum Gasteiger partial charge on any atom is -0.862 e. The molecule has 0 aromatic carbocycles. The lowest BCUT2D eigenvalue weighted by atomic mass is 10.1. The summed E-state index contributed by atoms with van der Waals surface area (Å²) < 4.78 is 0. The molecule has 1 atom stereocenters. The zero-order chi connectivity index (χ0) is 17.8. The van der Waals surface area contributed by atoms with Gasteiger partial charge in [0.2, 0.25) is 0 Å². The van der Waals surface area contributed by atoms with E-state index >= 15 is 0 Å². The number of carboxylic acid groups (broad SMARTS) is 3. The Morgan fingerprint density at radius 1 is 1.09 bits per heavy atom. The lowest BCUT2D eigenvalue weighted by Crippen LogP contribution is -2.46. The quantitative estimate of drug-likeness (QED) is 0.145. The van der Waals surface area contributed by atoms with Gasteiger partial charge in [0.25, 0.3) is 0 Å². The van der Waals surface area contributed by atoms with Crippen molar-refractivity contribution in [1.82, 2.24) is 4.90 Å². The molecule has 0 spiro atoms. The number of hydrogen-bond acceptors (Lipinski definition) is 7. The first-order valence-electron chi connectivity index (χ1n) is 6.99. The summed E-state index contributed by atoms with van der Waals surface area (Å²) >= 11 is 3.90. The van der Waals surface area contributed by atoms with Crippen LogP contribution < -0.4 is 5.11 Å². The van der Waals surface area contributed by atoms with Crippen molar-refractivity contribution in [3.63, 3.8) is 0 Å². The number of rotatable bonds is 13. The van der Waals surface area contributed by atoms with Crippen molar-refractivity contribution in [3.8, 4) is 0 Å². The number of aliphatic carboxylic acids is 3. The van der Waals surface area contributed by atoms with Crippen LogP contribution in [0, 0.1) is 0 Å². The molecule has 0 bridgehead atoms. The third-order valence-electron chi connectivity index (χ3n) is 2.90. The van der Waals surface area contributed by atoms with Crippen LogP contribution in [0.4, 0.5) is 0 Å². The van der Waals surface area contributed by atoms with Crippen molar-refractivity contribution in [2.75, 3.05) is 25.4 Å². The van der Waals surface area contributed by atoms with Crippen molar-refractivity contribution in [2.24, 2.45) is 4.99 Å². The maximum absolute atomic E-state index is 11.2. The van der Waals surface area contributed by atoms with Gasteiger partial charge in [-0.2, -0.15) is 12.6 Å². The summed E-state index contributed by atoms with van der Waals surface area (Å²) in [5, 5.41) is 37.8. The summed E-state index contributed by atoms with van der Waals surface area (Å²) in [5.74, 6) is -3.75. The molecular weight excluding hydrogens is 328 g/mol. The Bertz CT molecular complexity index is 426. The number of thiol groups is 1. The fraction of sp³-hybridized carbons (Fsp3) is 0.692. The van der Waals surface area contributed by atoms with Gasteiger partial charge in [-0.3, -0.25) is 19.3 Å². The van der Waals surface area contributed by atoms with Gasteiger partial charge in [0, 0.05) is 6.54 Å². The molecule has 0 rings (SSSR count). The van der Waals surface area contributed by atoms with E-state index in [1.54, 1.807) is 0 Å². The van der Waals surface area contributed by atoms with Gasteiger partial charge in [0.1, 0.15) is 6.04 Å². The minimum atomic E-state index is -1.30. The fourth-order valence-electron chi connectivity index (χ4n) is 1.91. The van der Waals surface area contributed by atoms with Crippen LogP contribution in [0.15, 0.2) is 4.99 Å². The van der Waals surface area contributed by atoms with Crippen LogP contribution in [0.25, 0.3) is 0 Å². The molecule has 0 unspecified atom stereocenters. The molecule has 0 radical (unpaired) electrons. The maximum Gasteiger partial charge on any atom is 0.320 e. The number of nitrogens with zero attached hydrogens (tertiary/aromatic N) is 2. The molecule has 0 saturated heterocycles. The highest BCUT2D eigenvalue weighted by Gasteiger charge is 2.28. The van der Waals surface area contributed by atoms with Gasteiger partial charge in [0.05, 0.1) is 13.1 Å². The highest BCUT2D eigenvalue weighted by Crippen LogP contribution is 2.10. The Morgan fingerprint density at radius 2 is 1.65 bits per heavy atom. The Labute approximate surface area is 139 Å². The van der Waals surface area contributed by atoms with E-state index in [-0.39, 0.29) is 25.3 Å². The minimum absolute atomic E-state index is 0.0756. The van der Waals surface area contributed by atoms with Crippen LogP contribution in [0.3, 0.4) is 0 Å². The smallest absolute Gasteiger partial charge is 0.320 e. The number of aliphatic imine (C=N–C) groups is 1. The average molecular weight is 349 g/mol. The zero-order valence-corrected chi connectivity index (χ0v) is 13.4. The summed E-state index contributed by atoms with van der Waals surface area (Å²) in [4.78, 5) is 37.4. The van der Waals surface area contributed by atoms with Gasteiger partial charge >= 0.3 is 17.9 Å². The van der Waals surface area contributed by atoms with Gasteiger partial charge in [-0.1, -0.05) is 0 Å². The number of carbonyl (C=O) groups is 3. The van der Waals surface area contributed by atoms with Crippen LogP contribution in [0.1, 0.15) is 25.7 Å². The summed E-state index contributed by atoms with van der Waals surface area (Å²) in [6, 6.07) is -1.21. The third-order valence-corrected chi connectivity index (χ3v) is 3.13. The third kappa shape index (κ3) is 10.5. The molecule has 132 valence electrons. The summed E-state index contributed by atoms with van der Waals surface area (Å²) in [6.45, 7) is -1.10. The zero-order valence-electron chi connectivity index (χ0n) is 12.6. The van der Waals surface area contributed by atoms with Crippen LogP contribution in [0.2, 0.25) is 0 Å². The summed E-state index contributed by atoms with van der Waals surface area (Å²) in [6.07, 6.45) is 1.15. The second-order valence-corrected chi connectivity index (χ2v) is 5.24.